The van der Waals surface area contributed by atoms with E-state index in [9.17, 15) is 0 Å². The summed E-state index contributed by atoms with van der Waals surface area (Å²) in [5.41, 5.74) is 5.21. The van der Waals surface area contributed by atoms with Crippen molar-refractivity contribution in [2.24, 2.45) is 5.73 Å². The molecular weight excluding hydrogens is 126 g/mol. The third-order valence-electron chi connectivity index (χ3n) is 1.33. The quantitative estimate of drug-likeness (QED) is 0.438. The van der Waals surface area contributed by atoms with Gasteiger partial charge in [-0.2, -0.15) is 0 Å². The molecule has 10 heavy (non-hydrogen) atoms. The van der Waals surface area contributed by atoms with Crippen LogP contribution in [0.15, 0.2) is 0 Å². The molecule has 0 aliphatic rings. The Balaban J connectivity index is 3.25. The maximum absolute atomic E-state index is 7.00. The second-order valence-corrected chi connectivity index (χ2v) is 2.62. The number of amidine groups is 1. The minimum Gasteiger partial charge on any atom is -0.387 e. The molecule has 0 saturated heterocycles. The van der Waals surface area contributed by atoms with Crippen LogP contribution in [0.5, 0.6) is 0 Å². The smallest absolute Gasteiger partial charge is 0.105 e. The summed E-state index contributed by atoms with van der Waals surface area (Å²) in [6.45, 7) is 3.79. The van der Waals surface area contributed by atoms with Gasteiger partial charge < -0.3 is 5.73 Å². The van der Waals surface area contributed by atoms with Crippen LogP contribution in [-0.4, -0.2) is 30.9 Å². The maximum Gasteiger partial charge on any atom is 0.105 e. The molecule has 0 atom stereocenters. The van der Waals surface area contributed by atoms with Gasteiger partial charge in [-0.05, 0) is 20.0 Å². The molecule has 0 unspecified atom stereocenters. The Bertz CT molecular complexity index is 101. The van der Waals surface area contributed by atoms with E-state index in [0.29, 0.717) is 6.54 Å². The average Bonchev–Trinajstić information content (AvgIpc) is 1.82. The first-order valence-electron chi connectivity index (χ1n) is 3.68. The van der Waals surface area contributed by atoms with Crippen molar-refractivity contribution in [1.82, 2.24) is 4.90 Å². The molecule has 3 nitrogen and oxygen atoms in total. The van der Waals surface area contributed by atoms with Crippen molar-refractivity contribution in [1.29, 1.82) is 5.41 Å². The second kappa shape index (κ2) is 5.23. The van der Waals surface area contributed by atoms with E-state index < -0.39 is 0 Å². The molecule has 0 fully saturated rings. The van der Waals surface area contributed by atoms with E-state index in [1.54, 1.807) is 0 Å². The molecule has 60 valence electrons. The molecule has 0 saturated carbocycles. The van der Waals surface area contributed by atoms with Crippen molar-refractivity contribution < 1.29 is 0 Å². The predicted molar refractivity (Wildman–Crippen MR) is 44.3 cm³/mol. The monoisotopic (exact) mass is 143 g/mol. The molecule has 0 rings (SSSR count). The summed E-state index contributed by atoms with van der Waals surface area (Å²) >= 11 is 0. The topological polar surface area (TPSA) is 53.1 Å². The molecule has 0 aromatic heterocycles. The summed E-state index contributed by atoms with van der Waals surface area (Å²) in [7, 11) is 1.98. The molecule has 0 aliphatic carbocycles. The number of hydrogen-bond acceptors (Lipinski definition) is 2. The first-order chi connectivity index (χ1) is 4.66. The number of nitrogens with two attached hydrogens (primary N) is 1. The van der Waals surface area contributed by atoms with Crippen LogP contribution in [0.2, 0.25) is 0 Å². The van der Waals surface area contributed by atoms with Gasteiger partial charge in [0.25, 0.3) is 0 Å². The van der Waals surface area contributed by atoms with Crippen molar-refractivity contribution in [2.75, 3.05) is 20.1 Å². The predicted octanol–water partition coefficient (Wildman–Crippen LogP) is 0.654. The fourth-order valence-electron chi connectivity index (χ4n) is 0.798. The third kappa shape index (κ3) is 5.56. The van der Waals surface area contributed by atoms with Crippen molar-refractivity contribution in [3.63, 3.8) is 0 Å². The molecule has 3 N–H and O–H groups in total. The van der Waals surface area contributed by atoms with E-state index in [1.165, 1.54) is 12.8 Å². The van der Waals surface area contributed by atoms with Gasteiger partial charge >= 0.3 is 0 Å². The molecule has 0 radical (unpaired) electrons. The third-order valence-corrected chi connectivity index (χ3v) is 1.33. The zero-order chi connectivity index (χ0) is 7.98. The number of nitrogens with one attached hydrogen (secondary N) is 1. The SMILES string of the molecule is CCCCN(C)CC(=N)N. The lowest BCUT2D eigenvalue weighted by atomic mass is 10.3. The molecule has 0 aromatic rings. The highest BCUT2D eigenvalue weighted by atomic mass is 15.1. The molecule has 0 aromatic carbocycles. The summed E-state index contributed by atoms with van der Waals surface area (Å²) in [5, 5.41) is 7.00. The minimum atomic E-state index is 0.249. The Morgan fingerprint density at radius 2 is 2.20 bits per heavy atom. The molecule has 0 bridgehead atoms. The number of likely N-dealkylation sites (N-methyl/N-ethyl adjacent to an activating group) is 1. The van der Waals surface area contributed by atoms with Crippen molar-refractivity contribution in [3.05, 3.63) is 0 Å². The van der Waals surface area contributed by atoms with Crippen LogP contribution in [0.1, 0.15) is 19.8 Å². The van der Waals surface area contributed by atoms with E-state index >= 15 is 0 Å². The van der Waals surface area contributed by atoms with Gasteiger partial charge in [-0.3, -0.25) is 10.3 Å². The fourth-order valence-corrected chi connectivity index (χ4v) is 0.798. The Morgan fingerprint density at radius 3 is 2.60 bits per heavy atom. The van der Waals surface area contributed by atoms with E-state index in [0.717, 1.165) is 6.54 Å². The van der Waals surface area contributed by atoms with Crippen LogP contribution in [-0.2, 0) is 0 Å². The molecular formula is C7H17N3. The fraction of sp³-hybridized carbons (Fsp3) is 0.857. The Labute approximate surface area is 62.7 Å². The van der Waals surface area contributed by atoms with Gasteiger partial charge in [0.1, 0.15) is 5.84 Å². The molecule has 3 heteroatoms. The van der Waals surface area contributed by atoms with Gasteiger partial charge in [0.2, 0.25) is 0 Å². The average molecular weight is 143 g/mol. The first kappa shape index (κ1) is 9.43. The maximum atomic E-state index is 7.00. The minimum absolute atomic E-state index is 0.249. The molecule has 0 heterocycles. The summed E-state index contributed by atoms with van der Waals surface area (Å²) in [6.07, 6.45) is 2.38. The molecule has 0 amide bonds. The number of nitrogens with zero attached hydrogens (tertiary/aromatic N) is 1. The van der Waals surface area contributed by atoms with E-state index in [4.69, 9.17) is 11.1 Å². The van der Waals surface area contributed by atoms with Crippen molar-refractivity contribution in [2.45, 2.75) is 19.8 Å². The normalized spacial score (nSPS) is 10.3. The van der Waals surface area contributed by atoms with Crippen molar-refractivity contribution >= 4 is 5.84 Å². The number of rotatable bonds is 5. The lowest BCUT2D eigenvalue weighted by molar-refractivity contribution is 0.370. The summed E-state index contributed by atoms with van der Waals surface area (Å²) in [6, 6.07) is 0. The van der Waals surface area contributed by atoms with Crippen LogP contribution in [0.4, 0.5) is 0 Å². The summed E-state index contributed by atoms with van der Waals surface area (Å²) < 4.78 is 0. The summed E-state index contributed by atoms with van der Waals surface area (Å²) in [4.78, 5) is 2.06. The van der Waals surface area contributed by atoms with E-state index in [-0.39, 0.29) is 5.84 Å². The van der Waals surface area contributed by atoms with Crippen LogP contribution in [0.3, 0.4) is 0 Å². The Morgan fingerprint density at radius 1 is 1.60 bits per heavy atom. The van der Waals surface area contributed by atoms with Gasteiger partial charge in [-0.25, -0.2) is 0 Å². The van der Waals surface area contributed by atoms with Gasteiger partial charge in [0.15, 0.2) is 0 Å². The van der Waals surface area contributed by atoms with Crippen LogP contribution in [0, 0.1) is 5.41 Å². The largest absolute Gasteiger partial charge is 0.387 e. The van der Waals surface area contributed by atoms with Gasteiger partial charge in [0.05, 0.1) is 6.54 Å². The highest BCUT2D eigenvalue weighted by Gasteiger charge is 1.96. The van der Waals surface area contributed by atoms with Crippen LogP contribution >= 0.6 is 0 Å². The van der Waals surface area contributed by atoms with Crippen LogP contribution < -0.4 is 5.73 Å². The van der Waals surface area contributed by atoms with Crippen LogP contribution in [0.25, 0.3) is 0 Å². The van der Waals surface area contributed by atoms with E-state index in [1.807, 2.05) is 7.05 Å². The zero-order valence-electron chi connectivity index (χ0n) is 6.85. The van der Waals surface area contributed by atoms with Crippen molar-refractivity contribution in [3.8, 4) is 0 Å². The molecule has 0 spiro atoms. The lowest BCUT2D eigenvalue weighted by Crippen LogP contribution is -2.30. The van der Waals surface area contributed by atoms with Gasteiger partial charge in [-0.1, -0.05) is 13.3 Å². The highest BCUT2D eigenvalue weighted by Crippen LogP contribution is 1.89. The first-order valence-corrected chi connectivity index (χ1v) is 3.68. The lowest BCUT2D eigenvalue weighted by Gasteiger charge is -2.13. The Kier molecular flexibility index (Phi) is 4.94. The standard InChI is InChI=1S/C7H17N3/c1-3-4-5-10(2)6-7(8)9/h3-6H2,1-2H3,(H3,8,9). The summed E-state index contributed by atoms with van der Waals surface area (Å²) in [5.74, 6) is 0.249. The van der Waals surface area contributed by atoms with E-state index in [2.05, 4.69) is 11.8 Å². The second-order valence-electron chi connectivity index (χ2n) is 2.62. The Hall–Kier alpha value is -0.570. The number of hydrogen-bond donors (Lipinski definition) is 2. The zero-order valence-corrected chi connectivity index (χ0v) is 6.85. The highest BCUT2D eigenvalue weighted by molar-refractivity contribution is 5.78. The number of unbranched alkanes of at least 4 members (excludes halogenated alkanes) is 1. The molecule has 0 aliphatic heterocycles. The van der Waals surface area contributed by atoms with Gasteiger partial charge in [0, 0.05) is 0 Å². The van der Waals surface area contributed by atoms with Gasteiger partial charge in [-0.15, -0.1) is 0 Å².